The maximum atomic E-state index is 13.3. The number of hydrogen-bond acceptors (Lipinski definition) is 3. The third kappa shape index (κ3) is 4.01. The number of imidazole rings is 1. The summed E-state index contributed by atoms with van der Waals surface area (Å²) in [6, 6.07) is 2.55. The zero-order valence-corrected chi connectivity index (χ0v) is 14.4. The fourth-order valence-electron chi connectivity index (χ4n) is 2.98. The van der Waals surface area contributed by atoms with Gasteiger partial charge in [-0.3, -0.25) is 4.79 Å². The summed E-state index contributed by atoms with van der Waals surface area (Å²) < 4.78 is 66.7. The van der Waals surface area contributed by atoms with Crippen molar-refractivity contribution in [2.45, 2.75) is 30.9 Å². The Morgan fingerprint density at radius 2 is 1.92 bits per heavy atom. The third-order valence-corrected chi connectivity index (χ3v) is 4.32. The summed E-state index contributed by atoms with van der Waals surface area (Å²) >= 11 is 10.6. The molecule has 142 valence electrons. The molecule has 26 heavy (non-hydrogen) atoms. The molecule has 1 aliphatic heterocycles. The summed E-state index contributed by atoms with van der Waals surface area (Å²) in [5, 5.41) is 0.262. The maximum Gasteiger partial charge on any atom is 0.435 e. The van der Waals surface area contributed by atoms with Crippen molar-refractivity contribution in [2.75, 3.05) is 6.54 Å². The van der Waals surface area contributed by atoms with Crippen LogP contribution in [0.3, 0.4) is 0 Å². The van der Waals surface area contributed by atoms with Crippen LogP contribution < -0.4 is 0 Å². The highest BCUT2D eigenvalue weighted by Crippen LogP contribution is 2.36. The number of likely N-dealkylation sites (tertiary alicyclic amines) is 1. The summed E-state index contributed by atoms with van der Waals surface area (Å²) in [6.07, 6.45) is -5.73. The van der Waals surface area contributed by atoms with Crippen molar-refractivity contribution < 1.29 is 26.7 Å². The first kappa shape index (κ1) is 19.1. The van der Waals surface area contributed by atoms with Crippen molar-refractivity contribution in [3.05, 3.63) is 28.7 Å². The highest BCUT2D eigenvalue weighted by atomic mass is 35.5. The minimum absolute atomic E-state index is 0.0581. The molecule has 2 aromatic rings. The van der Waals surface area contributed by atoms with Crippen molar-refractivity contribution >= 4 is 34.8 Å². The Labute approximate surface area is 153 Å². The minimum atomic E-state index is -4.78. The molecule has 0 saturated carbocycles. The van der Waals surface area contributed by atoms with E-state index in [-0.39, 0.29) is 29.5 Å². The Morgan fingerprint density at radius 1 is 1.23 bits per heavy atom. The lowest BCUT2D eigenvalue weighted by molar-refractivity contribution is -0.142. The predicted octanol–water partition coefficient (Wildman–Crippen LogP) is 3.97. The maximum absolute atomic E-state index is 13.3. The van der Waals surface area contributed by atoms with Crippen molar-refractivity contribution in [3.63, 3.8) is 0 Å². The molecule has 0 bridgehead atoms. The molecular weight excluding hydrogens is 406 g/mol. The molecule has 2 aromatic heterocycles. The van der Waals surface area contributed by atoms with Gasteiger partial charge in [-0.2, -0.15) is 27.1 Å². The number of amides is 1. The molecule has 0 aliphatic carbocycles. The van der Waals surface area contributed by atoms with Gasteiger partial charge in [-0.15, -0.1) is 0 Å². The molecule has 1 aliphatic rings. The average Bonchev–Trinajstić information content (AvgIpc) is 2.98. The molecule has 1 amide bonds. The Balaban J connectivity index is 1.93. The molecule has 5 nitrogen and oxygen atoms in total. The van der Waals surface area contributed by atoms with E-state index in [0.717, 1.165) is 9.42 Å². The molecular formula is C14H11Cl2F5N4O. The molecule has 1 fully saturated rings. The minimum Gasteiger partial charge on any atom is -0.336 e. The van der Waals surface area contributed by atoms with E-state index in [2.05, 4.69) is 10.1 Å². The first-order valence-corrected chi connectivity index (χ1v) is 8.15. The van der Waals surface area contributed by atoms with E-state index in [0.29, 0.717) is 0 Å². The standard InChI is InChI=1S/C14H11Cl2F5N4O/c15-9-1-2-10-22-12(14(19,20)21)8(25(10)23-9)6-24-5-7(3-11(24)26)4-13(16,17)18/h1-2,7H,3-6H2. The molecule has 1 atom stereocenters. The van der Waals surface area contributed by atoms with Crippen LogP contribution in [-0.2, 0) is 17.5 Å². The number of carbonyl (C=O) groups is 1. The van der Waals surface area contributed by atoms with Crippen molar-refractivity contribution in [1.82, 2.24) is 19.5 Å². The van der Waals surface area contributed by atoms with Gasteiger partial charge in [0.2, 0.25) is 5.91 Å². The number of hydrogen-bond donors (Lipinski definition) is 0. The van der Waals surface area contributed by atoms with E-state index in [1.807, 2.05) is 0 Å². The van der Waals surface area contributed by atoms with E-state index in [4.69, 9.17) is 23.2 Å². The number of alkyl halides is 6. The van der Waals surface area contributed by atoms with Crippen LogP contribution in [0.1, 0.15) is 24.2 Å². The summed E-state index contributed by atoms with van der Waals surface area (Å²) in [4.78, 5) is 16.6. The van der Waals surface area contributed by atoms with Gasteiger partial charge in [-0.25, -0.2) is 9.50 Å². The largest absolute Gasteiger partial charge is 0.435 e. The average molecular weight is 417 g/mol. The van der Waals surface area contributed by atoms with Gasteiger partial charge in [-0.05, 0) is 29.7 Å². The van der Waals surface area contributed by atoms with Gasteiger partial charge in [0.25, 0.3) is 0 Å². The Bertz CT molecular complexity index is 848. The SMILES string of the molecule is O=C1CC(CC(F)(F)Cl)CN1Cc1c(C(F)(F)F)nc2ccc(Cl)nn12. The Morgan fingerprint density at radius 3 is 2.54 bits per heavy atom. The second kappa shape index (κ2) is 6.49. The lowest BCUT2D eigenvalue weighted by Gasteiger charge is -2.18. The smallest absolute Gasteiger partial charge is 0.336 e. The number of halogens is 7. The second-order valence-corrected chi connectivity index (χ2v) is 6.93. The highest BCUT2D eigenvalue weighted by molar-refractivity contribution is 6.29. The van der Waals surface area contributed by atoms with Crippen LogP contribution in [0.15, 0.2) is 12.1 Å². The Hall–Kier alpha value is -1.68. The van der Waals surface area contributed by atoms with Crippen molar-refractivity contribution in [3.8, 4) is 0 Å². The summed E-state index contributed by atoms with van der Waals surface area (Å²) in [7, 11) is 0. The quantitative estimate of drug-likeness (QED) is 0.559. The van der Waals surface area contributed by atoms with Gasteiger partial charge in [-0.1, -0.05) is 11.6 Å². The molecule has 0 radical (unpaired) electrons. The fraction of sp³-hybridized carbons (Fsp3) is 0.500. The van der Waals surface area contributed by atoms with Crippen LogP contribution in [-0.4, -0.2) is 37.3 Å². The van der Waals surface area contributed by atoms with Gasteiger partial charge in [0.1, 0.15) is 5.15 Å². The van der Waals surface area contributed by atoms with Gasteiger partial charge in [0.05, 0.1) is 12.2 Å². The zero-order chi connectivity index (χ0) is 19.3. The van der Waals surface area contributed by atoms with Gasteiger partial charge >= 0.3 is 11.6 Å². The highest BCUT2D eigenvalue weighted by Gasteiger charge is 2.41. The molecule has 3 rings (SSSR count). The van der Waals surface area contributed by atoms with Gasteiger partial charge < -0.3 is 4.90 Å². The van der Waals surface area contributed by atoms with Gasteiger partial charge in [0, 0.05) is 19.4 Å². The molecule has 1 saturated heterocycles. The number of aromatic nitrogens is 3. The summed E-state index contributed by atoms with van der Waals surface area (Å²) in [5.41, 5.74) is -1.68. The number of carbonyl (C=O) groups excluding carboxylic acids is 1. The predicted molar refractivity (Wildman–Crippen MR) is 81.9 cm³/mol. The van der Waals surface area contributed by atoms with Crippen LogP contribution in [0, 0.1) is 5.92 Å². The molecule has 0 N–H and O–H groups in total. The zero-order valence-electron chi connectivity index (χ0n) is 12.9. The fourth-order valence-corrected chi connectivity index (χ4v) is 3.33. The van der Waals surface area contributed by atoms with E-state index < -0.39 is 42.0 Å². The summed E-state index contributed by atoms with van der Waals surface area (Å²) in [6.45, 7) is -0.612. The van der Waals surface area contributed by atoms with E-state index in [1.165, 1.54) is 12.1 Å². The lowest BCUT2D eigenvalue weighted by atomic mass is 10.1. The Kier molecular flexibility index (Phi) is 4.76. The number of fused-ring (bicyclic) bond motifs is 1. The molecule has 3 heterocycles. The second-order valence-electron chi connectivity index (χ2n) is 5.99. The van der Waals surface area contributed by atoms with Crippen LogP contribution in [0.5, 0.6) is 0 Å². The van der Waals surface area contributed by atoms with Crippen molar-refractivity contribution in [1.29, 1.82) is 0 Å². The van der Waals surface area contributed by atoms with E-state index in [1.54, 1.807) is 0 Å². The van der Waals surface area contributed by atoms with E-state index in [9.17, 15) is 26.7 Å². The van der Waals surface area contributed by atoms with Crippen LogP contribution in [0.25, 0.3) is 5.65 Å². The third-order valence-electron chi connectivity index (χ3n) is 3.96. The molecule has 0 spiro atoms. The molecule has 0 aromatic carbocycles. The lowest BCUT2D eigenvalue weighted by Crippen LogP contribution is -2.27. The first-order valence-electron chi connectivity index (χ1n) is 7.40. The van der Waals surface area contributed by atoms with Crippen LogP contribution >= 0.6 is 23.2 Å². The van der Waals surface area contributed by atoms with Gasteiger partial charge in [0.15, 0.2) is 11.3 Å². The summed E-state index contributed by atoms with van der Waals surface area (Å²) in [5.74, 6) is -1.29. The first-order chi connectivity index (χ1) is 11.9. The van der Waals surface area contributed by atoms with Crippen LogP contribution in [0.4, 0.5) is 22.0 Å². The normalized spacial score (nSPS) is 19.0. The molecule has 1 unspecified atom stereocenters. The van der Waals surface area contributed by atoms with Crippen LogP contribution in [0.2, 0.25) is 5.15 Å². The number of rotatable bonds is 4. The van der Waals surface area contributed by atoms with Crippen molar-refractivity contribution in [2.24, 2.45) is 5.92 Å². The number of nitrogens with zero attached hydrogens (tertiary/aromatic N) is 4. The monoisotopic (exact) mass is 416 g/mol. The topological polar surface area (TPSA) is 50.5 Å². The van der Waals surface area contributed by atoms with E-state index >= 15 is 0 Å². The molecule has 12 heteroatoms.